The summed E-state index contributed by atoms with van der Waals surface area (Å²) in [7, 11) is 1.15. The number of hydroxylamine groups is 1. The van der Waals surface area contributed by atoms with E-state index in [9.17, 15) is 18.0 Å². The number of aryl methyl sites for hydroxylation is 1. The predicted octanol–water partition coefficient (Wildman–Crippen LogP) is 3.60. The molecule has 0 unspecified atom stereocenters. The van der Waals surface area contributed by atoms with Gasteiger partial charge in [-0.15, -0.1) is 0 Å². The van der Waals surface area contributed by atoms with Gasteiger partial charge in [0.15, 0.2) is 17.5 Å². The average molecular weight is 390 g/mol. The summed E-state index contributed by atoms with van der Waals surface area (Å²) in [5.74, 6) is -5.48. The van der Waals surface area contributed by atoms with Crippen molar-refractivity contribution in [2.75, 3.05) is 12.4 Å². The Morgan fingerprint density at radius 1 is 1.26 bits per heavy atom. The summed E-state index contributed by atoms with van der Waals surface area (Å²) in [5, 5.41) is 2.51. The van der Waals surface area contributed by atoms with E-state index in [1.165, 1.54) is 6.20 Å². The number of anilines is 2. The predicted molar refractivity (Wildman–Crippen MR) is 80.7 cm³/mol. The second-order valence-corrected chi connectivity index (χ2v) is 5.40. The molecule has 0 aliphatic carbocycles. The highest BCUT2D eigenvalue weighted by atomic mass is 79.9. The number of amides is 1. The molecule has 0 aliphatic heterocycles. The van der Waals surface area contributed by atoms with E-state index >= 15 is 0 Å². The molecule has 0 atom stereocenters. The van der Waals surface area contributed by atoms with Gasteiger partial charge >= 0.3 is 0 Å². The molecule has 0 saturated heterocycles. The minimum atomic E-state index is -1.70. The van der Waals surface area contributed by atoms with E-state index < -0.39 is 34.6 Å². The number of carbonyl (C=O) groups excluding carboxylic acids is 1. The Bertz CT molecular complexity index is 771. The van der Waals surface area contributed by atoms with Crippen LogP contribution in [0.2, 0.25) is 0 Å². The van der Waals surface area contributed by atoms with Crippen LogP contribution in [0.3, 0.4) is 0 Å². The minimum Gasteiger partial charge on any atom is -0.337 e. The number of halogens is 4. The van der Waals surface area contributed by atoms with Crippen LogP contribution in [0.1, 0.15) is 15.9 Å². The molecule has 0 aliphatic rings. The van der Waals surface area contributed by atoms with Crippen molar-refractivity contribution in [2.45, 2.75) is 6.92 Å². The Balaban J connectivity index is 2.55. The van der Waals surface area contributed by atoms with Crippen molar-refractivity contribution < 1.29 is 22.8 Å². The Labute approximate surface area is 137 Å². The van der Waals surface area contributed by atoms with Crippen LogP contribution >= 0.6 is 15.9 Å². The zero-order chi connectivity index (χ0) is 17.1. The Morgan fingerprint density at radius 3 is 2.57 bits per heavy atom. The van der Waals surface area contributed by atoms with Gasteiger partial charge in [-0.2, -0.15) is 0 Å². The van der Waals surface area contributed by atoms with Crippen LogP contribution in [-0.4, -0.2) is 18.0 Å². The zero-order valence-electron chi connectivity index (χ0n) is 12.0. The molecular weight excluding hydrogens is 379 g/mol. The fourth-order valence-electron chi connectivity index (χ4n) is 1.83. The fraction of sp³-hybridized carbons (Fsp3) is 0.143. The van der Waals surface area contributed by atoms with Crippen molar-refractivity contribution in [2.24, 2.45) is 0 Å². The van der Waals surface area contributed by atoms with Crippen molar-refractivity contribution in [3.05, 3.63) is 51.4 Å². The smallest absolute Gasteiger partial charge is 0.277 e. The summed E-state index contributed by atoms with van der Waals surface area (Å²) < 4.78 is 41.7. The lowest BCUT2D eigenvalue weighted by molar-refractivity contribution is 0.0537. The standard InChI is InChI=1S/C14H11BrF3N3O2/c1-6-3-7(15)5-19-13(6)20-12-8(14(22)21-23-2)4-9(16)10(17)11(12)18/h3-5H,1-2H3,(H,19,20)(H,21,22). The third kappa shape index (κ3) is 3.62. The van der Waals surface area contributed by atoms with Crippen molar-refractivity contribution >= 4 is 33.3 Å². The Morgan fingerprint density at radius 2 is 1.96 bits per heavy atom. The van der Waals surface area contributed by atoms with Gasteiger partial charge in [-0.25, -0.2) is 23.6 Å². The second kappa shape index (κ2) is 6.97. The first-order valence-electron chi connectivity index (χ1n) is 6.25. The fourth-order valence-corrected chi connectivity index (χ4v) is 2.28. The quantitative estimate of drug-likeness (QED) is 0.619. The van der Waals surface area contributed by atoms with Gasteiger partial charge in [0.2, 0.25) is 0 Å². The number of hydrogen-bond donors (Lipinski definition) is 2. The molecule has 23 heavy (non-hydrogen) atoms. The van der Waals surface area contributed by atoms with Gasteiger partial charge in [-0.3, -0.25) is 9.63 Å². The normalized spacial score (nSPS) is 10.5. The number of aromatic nitrogens is 1. The molecule has 2 rings (SSSR count). The van der Waals surface area contributed by atoms with Crippen molar-refractivity contribution in [1.82, 2.24) is 10.5 Å². The molecule has 2 aromatic rings. The van der Waals surface area contributed by atoms with Crippen molar-refractivity contribution in [1.29, 1.82) is 0 Å². The summed E-state index contributed by atoms with van der Waals surface area (Å²) in [5.41, 5.74) is 1.51. The molecule has 9 heteroatoms. The van der Waals surface area contributed by atoms with E-state index in [0.717, 1.165) is 7.11 Å². The van der Waals surface area contributed by atoms with Gasteiger partial charge in [-0.05, 0) is 40.5 Å². The SMILES string of the molecule is CONC(=O)c1cc(F)c(F)c(F)c1Nc1ncc(Br)cc1C. The molecule has 0 spiro atoms. The first kappa shape index (κ1) is 17.2. The molecule has 1 aromatic heterocycles. The summed E-state index contributed by atoms with van der Waals surface area (Å²) >= 11 is 3.22. The highest BCUT2D eigenvalue weighted by Crippen LogP contribution is 2.29. The van der Waals surface area contributed by atoms with Crippen LogP contribution in [0, 0.1) is 24.4 Å². The van der Waals surface area contributed by atoms with Crippen LogP contribution in [0.4, 0.5) is 24.7 Å². The minimum absolute atomic E-state index is 0.185. The van der Waals surface area contributed by atoms with Crippen molar-refractivity contribution in [3.8, 4) is 0 Å². The van der Waals surface area contributed by atoms with Gasteiger partial charge in [-0.1, -0.05) is 0 Å². The van der Waals surface area contributed by atoms with Gasteiger partial charge in [0.25, 0.3) is 5.91 Å². The lowest BCUT2D eigenvalue weighted by Gasteiger charge is -2.14. The molecule has 2 N–H and O–H groups in total. The van der Waals surface area contributed by atoms with Crippen LogP contribution in [0.25, 0.3) is 0 Å². The maximum Gasteiger partial charge on any atom is 0.277 e. The lowest BCUT2D eigenvalue weighted by Crippen LogP contribution is -2.24. The molecule has 0 saturated carbocycles. The van der Waals surface area contributed by atoms with Crippen LogP contribution in [0.15, 0.2) is 22.8 Å². The number of nitrogens with one attached hydrogen (secondary N) is 2. The molecule has 122 valence electrons. The first-order chi connectivity index (χ1) is 10.8. The van der Waals surface area contributed by atoms with E-state index in [1.807, 2.05) is 5.48 Å². The molecule has 5 nitrogen and oxygen atoms in total. The number of rotatable bonds is 4. The third-order valence-corrected chi connectivity index (χ3v) is 3.32. The summed E-state index contributed by atoms with van der Waals surface area (Å²) in [6, 6.07) is 2.26. The van der Waals surface area contributed by atoms with E-state index in [0.29, 0.717) is 16.1 Å². The zero-order valence-corrected chi connectivity index (χ0v) is 13.6. The Kier molecular flexibility index (Phi) is 5.22. The number of benzene rings is 1. The van der Waals surface area contributed by atoms with Crippen LogP contribution in [0.5, 0.6) is 0 Å². The van der Waals surface area contributed by atoms with E-state index in [1.54, 1.807) is 13.0 Å². The lowest BCUT2D eigenvalue weighted by atomic mass is 10.1. The summed E-state index contributed by atoms with van der Waals surface area (Å²) in [6.07, 6.45) is 1.43. The molecule has 0 fully saturated rings. The number of hydrogen-bond acceptors (Lipinski definition) is 4. The highest BCUT2D eigenvalue weighted by molar-refractivity contribution is 9.10. The van der Waals surface area contributed by atoms with E-state index in [-0.39, 0.29) is 5.82 Å². The molecule has 1 amide bonds. The summed E-state index contributed by atoms with van der Waals surface area (Å²) in [6.45, 7) is 1.67. The van der Waals surface area contributed by atoms with Crippen molar-refractivity contribution in [3.63, 3.8) is 0 Å². The molecule has 0 radical (unpaired) electrons. The topological polar surface area (TPSA) is 63.2 Å². The maximum absolute atomic E-state index is 14.1. The molecule has 1 aromatic carbocycles. The second-order valence-electron chi connectivity index (χ2n) is 4.49. The molecule has 1 heterocycles. The Hall–Kier alpha value is -2.13. The third-order valence-electron chi connectivity index (χ3n) is 2.89. The van der Waals surface area contributed by atoms with Crippen LogP contribution in [-0.2, 0) is 4.84 Å². The maximum atomic E-state index is 14.1. The monoisotopic (exact) mass is 389 g/mol. The number of pyridine rings is 1. The average Bonchev–Trinajstić information content (AvgIpc) is 2.50. The van der Waals surface area contributed by atoms with Crippen LogP contribution < -0.4 is 10.8 Å². The van der Waals surface area contributed by atoms with Gasteiger partial charge in [0.05, 0.1) is 18.4 Å². The number of nitrogens with zero attached hydrogens (tertiary/aromatic N) is 1. The number of carbonyl (C=O) groups is 1. The van der Waals surface area contributed by atoms with E-state index in [4.69, 9.17) is 0 Å². The molecular formula is C14H11BrF3N3O2. The molecule has 0 bridgehead atoms. The van der Waals surface area contributed by atoms with E-state index in [2.05, 4.69) is 31.1 Å². The summed E-state index contributed by atoms with van der Waals surface area (Å²) in [4.78, 5) is 20.3. The van der Waals surface area contributed by atoms with Gasteiger partial charge in [0.1, 0.15) is 5.82 Å². The first-order valence-corrected chi connectivity index (χ1v) is 7.04. The highest BCUT2D eigenvalue weighted by Gasteiger charge is 2.23. The van der Waals surface area contributed by atoms with Gasteiger partial charge in [0, 0.05) is 10.7 Å². The van der Waals surface area contributed by atoms with Gasteiger partial charge < -0.3 is 5.32 Å². The largest absolute Gasteiger partial charge is 0.337 e.